The van der Waals surface area contributed by atoms with Gasteiger partial charge in [0.25, 0.3) is 11.5 Å². The zero-order valence-electron chi connectivity index (χ0n) is 18.3. The van der Waals surface area contributed by atoms with Gasteiger partial charge in [-0.2, -0.15) is 5.10 Å². The predicted molar refractivity (Wildman–Crippen MR) is 124 cm³/mol. The van der Waals surface area contributed by atoms with E-state index in [0.717, 1.165) is 73.6 Å². The summed E-state index contributed by atoms with van der Waals surface area (Å²) in [6, 6.07) is 11.8. The quantitative estimate of drug-likeness (QED) is 0.649. The molecule has 32 heavy (non-hydrogen) atoms. The van der Waals surface area contributed by atoms with Crippen LogP contribution in [0.5, 0.6) is 0 Å². The molecule has 1 unspecified atom stereocenters. The van der Waals surface area contributed by atoms with Crippen molar-refractivity contribution in [3.05, 3.63) is 69.9 Å². The Kier molecular flexibility index (Phi) is 5.99. The number of amides is 1. The lowest BCUT2D eigenvalue weighted by Crippen LogP contribution is -2.48. The topological polar surface area (TPSA) is 80.1 Å². The third-order valence-electron chi connectivity index (χ3n) is 6.76. The van der Waals surface area contributed by atoms with Gasteiger partial charge in [0.2, 0.25) is 0 Å². The molecule has 0 saturated carbocycles. The number of carbonyl (C=O) groups excluding carboxylic acids is 1. The monoisotopic (exact) mass is 431 g/mol. The fraction of sp³-hybridized carbons (Fsp3) is 0.440. The zero-order chi connectivity index (χ0) is 21.9. The van der Waals surface area contributed by atoms with E-state index in [1.54, 1.807) is 16.9 Å². The van der Waals surface area contributed by atoms with Crippen LogP contribution in [0.3, 0.4) is 0 Å². The van der Waals surface area contributed by atoms with Crippen molar-refractivity contribution in [2.24, 2.45) is 0 Å². The Morgan fingerprint density at radius 2 is 2.00 bits per heavy atom. The van der Waals surface area contributed by atoms with Crippen molar-refractivity contribution in [2.45, 2.75) is 51.1 Å². The van der Waals surface area contributed by atoms with E-state index in [4.69, 9.17) is 0 Å². The molecular weight excluding hydrogens is 402 g/mol. The average Bonchev–Trinajstić information content (AvgIpc) is 3.28. The standard InChI is InChI=1S/C25H29N5O2/c31-23-16-19-7-5-10-22(19)28-30(23)15-14-29-13-4-3-8-20(29)17-27-25(32)24-21-9-2-1-6-18(21)11-12-26-24/h1-2,6,9,11-12,16,20H,3-5,7-8,10,13-15,17H2,(H,27,32). The molecule has 2 aromatic heterocycles. The maximum atomic E-state index is 12.9. The minimum atomic E-state index is -0.135. The first-order valence-corrected chi connectivity index (χ1v) is 11.6. The van der Waals surface area contributed by atoms with Crippen LogP contribution in [0, 0.1) is 0 Å². The van der Waals surface area contributed by atoms with Gasteiger partial charge in [-0.1, -0.05) is 30.7 Å². The second-order valence-electron chi connectivity index (χ2n) is 8.81. The molecule has 5 rings (SSSR count). The van der Waals surface area contributed by atoms with Gasteiger partial charge in [-0.05, 0) is 55.7 Å². The number of nitrogens with zero attached hydrogens (tertiary/aromatic N) is 4. The third kappa shape index (κ3) is 4.30. The summed E-state index contributed by atoms with van der Waals surface area (Å²) in [5.41, 5.74) is 2.66. The molecule has 2 aliphatic rings. The molecule has 0 radical (unpaired) electrons. The van der Waals surface area contributed by atoms with E-state index in [1.807, 2.05) is 30.3 Å². The number of carbonyl (C=O) groups is 1. The molecule has 3 heterocycles. The van der Waals surface area contributed by atoms with Crippen LogP contribution in [0.4, 0.5) is 0 Å². The molecule has 1 atom stereocenters. The SMILES string of the molecule is O=C(NCC1CCCCN1CCn1nc2c(cc1=O)CCC2)c1nccc2ccccc12. The number of nitrogens with one attached hydrogen (secondary N) is 1. The number of benzene rings is 1. The minimum Gasteiger partial charge on any atom is -0.349 e. The molecule has 1 aromatic carbocycles. The van der Waals surface area contributed by atoms with Gasteiger partial charge in [0.15, 0.2) is 0 Å². The fourth-order valence-electron chi connectivity index (χ4n) is 5.00. The second kappa shape index (κ2) is 9.20. The van der Waals surface area contributed by atoms with Crippen molar-refractivity contribution >= 4 is 16.7 Å². The fourth-order valence-corrected chi connectivity index (χ4v) is 5.00. The minimum absolute atomic E-state index is 0.00505. The Balaban J connectivity index is 1.23. The molecular formula is C25H29N5O2. The smallest absolute Gasteiger partial charge is 0.270 e. The van der Waals surface area contributed by atoms with Crippen molar-refractivity contribution in [2.75, 3.05) is 19.6 Å². The van der Waals surface area contributed by atoms with Gasteiger partial charge in [0, 0.05) is 36.8 Å². The van der Waals surface area contributed by atoms with Crippen LogP contribution in [-0.2, 0) is 19.4 Å². The highest BCUT2D eigenvalue weighted by Gasteiger charge is 2.24. The lowest BCUT2D eigenvalue weighted by molar-refractivity contribution is 0.0906. The molecule has 7 heteroatoms. The molecule has 166 valence electrons. The lowest BCUT2D eigenvalue weighted by Gasteiger charge is -2.35. The molecule has 1 fully saturated rings. The molecule has 1 N–H and O–H groups in total. The predicted octanol–water partition coefficient (Wildman–Crippen LogP) is 2.56. The van der Waals surface area contributed by atoms with Gasteiger partial charge >= 0.3 is 0 Å². The number of aryl methyl sites for hydroxylation is 2. The summed E-state index contributed by atoms with van der Waals surface area (Å²) in [6.07, 6.45) is 8.04. The van der Waals surface area contributed by atoms with E-state index in [2.05, 4.69) is 20.3 Å². The molecule has 0 spiro atoms. The Hall–Kier alpha value is -3.06. The summed E-state index contributed by atoms with van der Waals surface area (Å²) in [7, 11) is 0. The third-order valence-corrected chi connectivity index (χ3v) is 6.76. The molecule has 1 aliphatic carbocycles. The molecule has 1 saturated heterocycles. The maximum Gasteiger partial charge on any atom is 0.270 e. The molecule has 1 aliphatic heterocycles. The zero-order valence-corrected chi connectivity index (χ0v) is 18.3. The van der Waals surface area contributed by atoms with Gasteiger partial charge in [-0.3, -0.25) is 19.5 Å². The number of hydrogen-bond acceptors (Lipinski definition) is 5. The van der Waals surface area contributed by atoms with E-state index in [9.17, 15) is 9.59 Å². The van der Waals surface area contributed by atoms with Gasteiger partial charge in [-0.15, -0.1) is 0 Å². The van der Waals surface area contributed by atoms with Crippen molar-refractivity contribution in [3.63, 3.8) is 0 Å². The Bertz CT molecular complexity index is 1180. The van der Waals surface area contributed by atoms with Crippen LogP contribution < -0.4 is 10.9 Å². The molecule has 7 nitrogen and oxygen atoms in total. The van der Waals surface area contributed by atoms with Crippen LogP contribution in [0.25, 0.3) is 10.8 Å². The van der Waals surface area contributed by atoms with E-state index >= 15 is 0 Å². The highest BCUT2D eigenvalue weighted by Crippen LogP contribution is 2.19. The van der Waals surface area contributed by atoms with Gasteiger partial charge in [-0.25, -0.2) is 4.68 Å². The van der Waals surface area contributed by atoms with Crippen molar-refractivity contribution < 1.29 is 4.79 Å². The Morgan fingerprint density at radius 1 is 1.09 bits per heavy atom. The Labute approximate surface area is 187 Å². The number of fused-ring (bicyclic) bond motifs is 2. The highest BCUT2D eigenvalue weighted by atomic mass is 16.2. The van der Waals surface area contributed by atoms with Crippen LogP contribution in [0.1, 0.15) is 47.4 Å². The van der Waals surface area contributed by atoms with Gasteiger partial charge in [0.05, 0.1) is 12.2 Å². The average molecular weight is 432 g/mol. The van der Waals surface area contributed by atoms with Crippen LogP contribution in [0.2, 0.25) is 0 Å². The number of likely N-dealkylation sites (tertiary alicyclic amines) is 1. The van der Waals surface area contributed by atoms with Crippen LogP contribution in [-0.4, -0.2) is 51.2 Å². The Morgan fingerprint density at radius 3 is 2.94 bits per heavy atom. The summed E-state index contributed by atoms with van der Waals surface area (Å²) in [4.78, 5) is 32.0. The normalized spacial score (nSPS) is 18.6. The number of piperidine rings is 1. The first kappa shape index (κ1) is 20.8. The maximum absolute atomic E-state index is 12.9. The van der Waals surface area contributed by atoms with Gasteiger partial charge in [0.1, 0.15) is 5.69 Å². The number of aromatic nitrogens is 3. The van der Waals surface area contributed by atoms with E-state index in [0.29, 0.717) is 18.8 Å². The van der Waals surface area contributed by atoms with Crippen molar-refractivity contribution in [1.82, 2.24) is 25.0 Å². The summed E-state index contributed by atoms with van der Waals surface area (Å²) < 4.78 is 1.62. The van der Waals surface area contributed by atoms with E-state index < -0.39 is 0 Å². The first-order chi connectivity index (χ1) is 15.7. The summed E-state index contributed by atoms with van der Waals surface area (Å²) in [6.45, 7) is 2.91. The number of hydrogen-bond donors (Lipinski definition) is 1. The lowest BCUT2D eigenvalue weighted by atomic mass is 10.0. The molecule has 0 bridgehead atoms. The van der Waals surface area contributed by atoms with Crippen molar-refractivity contribution in [3.8, 4) is 0 Å². The summed E-state index contributed by atoms with van der Waals surface area (Å²) in [5, 5.41) is 9.60. The number of rotatable bonds is 6. The van der Waals surface area contributed by atoms with E-state index in [-0.39, 0.29) is 17.5 Å². The molecule has 3 aromatic rings. The second-order valence-corrected chi connectivity index (χ2v) is 8.81. The number of pyridine rings is 1. The summed E-state index contributed by atoms with van der Waals surface area (Å²) >= 11 is 0. The van der Waals surface area contributed by atoms with Crippen LogP contribution in [0.15, 0.2) is 47.4 Å². The first-order valence-electron chi connectivity index (χ1n) is 11.6. The highest BCUT2D eigenvalue weighted by molar-refractivity contribution is 6.05. The largest absolute Gasteiger partial charge is 0.349 e. The van der Waals surface area contributed by atoms with Gasteiger partial charge < -0.3 is 5.32 Å². The van der Waals surface area contributed by atoms with E-state index in [1.165, 1.54) is 0 Å². The van der Waals surface area contributed by atoms with Crippen molar-refractivity contribution in [1.29, 1.82) is 0 Å². The molecule has 1 amide bonds. The summed E-state index contributed by atoms with van der Waals surface area (Å²) in [5.74, 6) is -0.135. The van der Waals surface area contributed by atoms with Crippen LogP contribution >= 0.6 is 0 Å².